The molecule has 1 amide bonds. The van der Waals surface area contributed by atoms with Crippen LogP contribution in [0.2, 0.25) is 5.02 Å². The summed E-state index contributed by atoms with van der Waals surface area (Å²) in [5.41, 5.74) is 0.347. The highest BCUT2D eigenvalue weighted by Crippen LogP contribution is 2.25. The molecule has 134 valence electrons. The number of benzene rings is 1. The number of rotatable bonds is 4. The first-order valence-corrected chi connectivity index (χ1v) is 8.88. The van der Waals surface area contributed by atoms with Crippen molar-refractivity contribution in [3.05, 3.63) is 46.3 Å². The standard InChI is InChI=1S/C18H21ClFN3O2/c1-11(2)17-21-16(25-22-17)9-12-5-7-23(8-6-12)18(24)14-4-3-13(20)10-15(14)19/h3-4,10-12H,5-9H2,1-2H3. The molecule has 1 aliphatic heterocycles. The number of carbonyl (C=O) groups excluding carboxylic acids is 1. The average Bonchev–Trinajstić information content (AvgIpc) is 3.04. The molecule has 2 heterocycles. The molecule has 0 aliphatic carbocycles. The van der Waals surface area contributed by atoms with E-state index in [2.05, 4.69) is 10.1 Å². The summed E-state index contributed by atoms with van der Waals surface area (Å²) >= 11 is 5.99. The van der Waals surface area contributed by atoms with E-state index >= 15 is 0 Å². The van der Waals surface area contributed by atoms with Crippen LogP contribution in [0.4, 0.5) is 4.39 Å². The van der Waals surface area contributed by atoms with Gasteiger partial charge in [0.15, 0.2) is 5.82 Å². The smallest absolute Gasteiger partial charge is 0.255 e. The van der Waals surface area contributed by atoms with E-state index in [1.165, 1.54) is 18.2 Å². The molecule has 1 fully saturated rings. The third-order valence-electron chi connectivity index (χ3n) is 4.53. The van der Waals surface area contributed by atoms with Crippen molar-refractivity contribution in [1.29, 1.82) is 0 Å². The lowest BCUT2D eigenvalue weighted by molar-refractivity contribution is 0.0687. The Morgan fingerprint density at radius 2 is 2.12 bits per heavy atom. The number of nitrogens with zero attached hydrogens (tertiary/aromatic N) is 3. The molecule has 7 heteroatoms. The van der Waals surface area contributed by atoms with E-state index < -0.39 is 5.82 Å². The normalized spacial score (nSPS) is 15.8. The highest BCUT2D eigenvalue weighted by molar-refractivity contribution is 6.33. The summed E-state index contributed by atoms with van der Waals surface area (Å²) in [7, 11) is 0. The molecule has 5 nitrogen and oxygen atoms in total. The Morgan fingerprint density at radius 1 is 1.40 bits per heavy atom. The fraction of sp³-hybridized carbons (Fsp3) is 0.500. The van der Waals surface area contributed by atoms with Crippen molar-refractivity contribution in [2.24, 2.45) is 5.92 Å². The first-order chi connectivity index (χ1) is 11.9. The molecule has 0 saturated carbocycles. The second kappa shape index (κ2) is 7.52. The first-order valence-electron chi connectivity index (χ1n) is 8.51. The van der Waals surface area contributed by atoms with Crippen molar-refractivity contribution in [2.45, 2.75) is 39.0 Å². The minimum Gasteiger partial charge on any atom is -0.339 e. The molecule has 0 N–H and O–H groups in total. The quantitative estimate of drug-likeness (QED) is 0.819. The minimum absolute atomic E-state index is 0.150. The van der Waals surface area contributed by atoms with Crippen LogP contribution in [0.3, 0.4) is 0 Å². The molecule has 1 aliphatic rings. The Morgan fingerprint density at radius 3 is 2.72 bits per heavy atom. The molecular weight excluding hydrogens is 345 g/mol. The monoisotopic (exact) mass is 365 g/mol. The number of aromatic nitrogens is 2. The maximum Gasteiger partial charge on any atom is 0.255 e. The second-order valence-electron chi connectivity index (χ2n) is 6.76. The molecule has 0 unspecified atom stereocenters. The third kappa shape index (κ3) is 4.18. The summed E-state index contributed by atoms with van der Waals surface area (Å²) in [6, 6.07) is 3.87. The Balaban J connectivity index is 1.56. The van der Waals surface area contributed by atoms with Crippen molar-refractivity contribution in [3.63, 3.8) is 0 Å². The second-order valence-corrected chi connectivity index (χ2v) is 7.17. The van der Waals surface area contributed by atoms with E-state index in [1.54, 1.807) is 4.90 Å². The highest BCUT2D eigenvalue weighted by atomic mass is 35.5. The SMILES string of the molecule is CC(C)c1noc(CC2CCN(C(=O)c3ccc(F)cc3Cl)CC2)n1. The van der Waals surface area contributed by atoms with Gasteiger partial charge in [-0.25, -0.2) is 4.39 Å². The van der Waals surface area contributed by atoms with Crippen LogP contribution in [-0.2, 0) is 6.42 Å². The largest absolute Gasteiger partial charge is 0.339 e. The zero-order valence-electron chi connectivity index (χ0n) is 14.3. The number of likely N-dealkylation sites (tertiary alicyclic amines) is 1. The molecule has 0 radical (unpaired) electrons. The van der Waals surface area contributed by atoms with Crippen molar-refractivity contribution < 1.29 is 13.7 Å². The Hall–Kier alpha value is -1.95. The lowest BCUT2D eigenvalue weighted by atomic mass is 9.93. The van der Waals surface area contributed by atoms with Gasteiger partial charge in [-0.15, -0.1) is 0 Å². The van der Waals surface area contributed by atoms with E-state index in [1.807, 2.05) is 13.8 Å². The first kappa shape index (κ1) is 17.9. The summed E-state index contributed by atoms with van der Waals surface area (Å²) in [5, 5.41) is 4.14. The predicted octanol–water partition coefficient (Wildman–Crippen LogP) is 4.08. The molecule has 0 bridgehead atoms. The van der Waals surface area contributed by atoms with Gasteiger partial charge in [-0.05, 0) is 37.0 Å². The maximum atomic E-state index is 13.1. The number of halogens is 2. The number of hydrogen-bond acceptors (Lipinski definition) is 4. The van der Waals surface area contributed by atoms with Gasteiger partial charge in [0.1, 0.15) is 5.82 Å². The molecule has 1 aromatic carbocycles. The van der Waals surface area contributed by atoms with Crippen LogP contribution in [0.1, 0.15) is 54.7 Å². The molecule has 1 saturated heterocycles. The maximum absolute atomic E-state index is 13.1. The van der Waals surface area contributed by atoms with E-state index in [0.29, 0.717) is 30.5 Å². The summed E-state index contributed by atoms with van der Waals surface area (Å²) in [4.78, 5) is 18.7. The minimum atomic E-state index is -0.444. The van der Waals surface area contributed by atoms with Crippen molar-refractivity contribution >= 4 is 17.5 Å². The average molecular weight is 366 g/mol. The van der Waals surface area contributed by atoms with Crippen molar-refractivity contribution in [2.75, 3.05) is 13.1 Å². The summed E-state index contributed by atoms with van der Waals surface area (Å²) in [6.07, 6.45) is 2.47. The Bertz CT molecular complexity index is 755. The van der Waals surface area contributed by atoms with E-state index in [4.69, 9.17) is 16.1 Å². The Kier molecular flexibility index (Phi) is 5.37. The van der Waals surface area contributed by atoms with Gasteiger partial charge >= 0.3 is 0 Å². The summed E-state index contributed by atoms with van der Waals surface area (Å²) < 4.78 is 18.4. The van der Waals surface area contributed by atoms with Crippen LogP contribution in [0.15, 0.2) is 22.7 Å². The van der Waals surface area contributed by atoms with Gasteiger partial charge in [-0.3, -0.25) is 4.79 Å². The molecule has 3 rings (SSSR count). The molecule has 0 atom stereocenters. The molecule has 1 aromatic heterocycles. The van der Waals surface area contributed by atoms with Crippen LogP contribution in [-0.4, -0.2) is 34.0 Å². The van der Waals surface area contributed by atoms with Gasteiger partial charge in [-0.1, -0.05) is 30.6 Å². The van der Waals surface area contributed by atoms with E-state index in [-0.39, 0.29) is 16.8 Å². The van der Waals surface area contributed by atoms with Gasteiger partial charge in [0.2, 0.25) is 5.89 Å². The highest BCUT2D eigenvalue weighted by Gasteiger charge is 2.26. The molecule has 0 spiro atoms. The van der Waals surface area contributed by atoms with E-state index in [9.17, 15) is 9.18 Å². The summed E-state index contributed by atoms with van der Waals surface area (Å²) in [5.74, 6) is 1.46. The number of carbonyl (C=O) groups is 1. The van der Waals surface area contributed by atoms with Crippen LogP contribution in [0, 0.1) is 11.7 Å². The zero-order valence-corrected chi connectivity index (χ0v) is 15.1. The summed E-state index contributed by atoms with van der Waals surface area (Å²) in [6.45, 7) is 5.34. The molecular formula is C18H21ClFN3O2. The van der Waals surface area contributed by atoms with Gasteiger partial charge in [0.25, 0.3) is 5.91 Å². The van der Waals surface area contributed by atoms with E-state index in [0.717, 1.165) is 25.1 Å². The van der Waals surface area contributed by atoms with Crippen molar-refractivity contribution in [3.8, 4) is 0 Å². The number of amides is 1. The van der Waals surface area contributed by atoms with Crippen LogP contribution in [0.5, 0.6) is 0 Å². The predicted molar refractivity (Wildman–Crippen MR) is 92.1 cm³/mol. The lowest BCUT2D eigenvalue weighted by Crippen LogP contribution is -2.39. The number of hydrogen-bond donors (Lipinski definition) is 0. The van der Waals surface area contributed by atoms with Gasteiger partial charge in [0.05, 0.1) is 10.6 Å². The lowest BCUT2D eigenvalue weighted by Gasteiger charge is -2.31. The van der Waals surface area contributed by atoms with Gasteiger partial charge in [-0.2, -0.15) is 4.98 Å². The fourth-order valence-corrected chi connectivity index (χ4v) is 3.25. The number of piperidine rings is 1. The molecule has 2 aromatic rings. The van der Waals surface area contributed by atoms with Gasteiger partial charge < -0.3 is 9.42 Å². The van der Waals surface area contributed by atoms with Crippen molar-refractivity contribution in [1.82, 2.24) is 15.0 Å². The van der Waals surface area contributed by atoms with Crippen LogP contribution < -0.4 is 0 Å². The van der Waals surface area contributed by atoms with Crippen LogP contribution in [0.25, 0.3) is 0 Å². The van der Waals surface area contributed by atoms with Gasteiger partial charge in [0, 0.05) is 25.4 Å². The molecule has 25 heavy (non-hydrogen) atoms. The van der Waals surface area contributed by atoms with Crippen LogP contribution >= 0.6 is 11.6 Å². The fourth-order valence-electron chi connectivity index (χ4n) is 3.01. The topological polar surface area (TPSA) is 59.2 Å². The Labute approximate surface area is 151 Å². The third-order valence-corrected chi connectivity index (χ3v) is 4.84. The zero-order chi connectivity index (χ0) is 18.0.